The van der Waals surface area contributed by atoms with Crippen LogP contribution in [0.4, 0.5) is 0 Å². The zero-order chi connectivity index (χ0) is 16.1. The first-order valence-corrected chi connectivity index (χ1v) is 7.80. The number of carboxylic acids is 1. The summed E-state index contributed by atoms with van der Waals surface area (Å²) in [6, 6.07) is -0.822. The van der Waals surface area contributed by atoms with Crippen LogP contribution in [0.1, 0.15) is 63.6 Å². The molecule has 1 saturated carbocycles. The van der Waals surface area contributed by atoms with E-state index in [9.17, 15) is 9.59 Å². The Morgan fingerprint density at radius 2 is 2.14 bits per heavy atom. The van der Waals surface area contributed by atoms with E-state index >= 15 is 0 Å². The SMILES string of the molecule is CC(C)C[C@H](NC(=O)CCCc1nc(C2CC2)no1)C(=O)O. The van der Waals surface area contributed by atoms with Crippen LogP contribution in [0.2, 0.25) is 0 Å². The topological polar surface area (TPSA) is 105 Å². The lowest BCUT2D eigenvalue weighted by molar-refractivity contribution is -0.142. The molecule has 0 aliphatic heterocycles. The molecule has 0 aromatic carbocycles. The van der Waals surface area contributed by atoms with Gasteiger partial charge in [-0.25, -0.2) is 4.79 Å². The number of amides is 1. The molecule has 7 nitrogen and oxygen atoms in total. The maximum absolute atomic E-state index is 11.8. The van der Waals surface area contributed by atoms with E-state index in [1.807, 2.05) is 13.8 Å². The fourth-order valence-corrected chi connectivity index (χ4v) is 2.24. The predicted octanol–water partition coefficient (Wildman–Crippen LogP) is 1.89. The van der Waals surface area contributed by atoms with Crippen molar-refractivity contribution in [1.82, 2.24) is 15.5 Å². The third-order valence-corrected chi connectivity index (χ3v) is 3.56. The van der Waals surface area contributed by atoms with Crippen molar-refractivity contribution in [3.63, 3.8) is 0 Å². The highest BCUT2D eigenvalue weighted by atomic mass is 16.5. The van der Waals surface area contributed by atoms with E-state index in [0.717, 1.165) is 18.7 Å². The molecule has 22 heavy (non-hydrogen) atoms. The number of carbonyl (C=O) groups excluding carboxylic acids is 1. The first-order valence-electron chi connectivity index (χ1n) is 7.80. The van der Waals surface area contributed by atoms with Crippen LogP contribution < -0.4 is 5.32 Å². The largest absolute Gasteiger partial charge is 0.480 e. The summed E-state index contributed by atoms with van der Waals surface area (Å²) >= 11 is 0. The Bertz CT molecular complexity index is 523. The molecule has 2 rings (SSSR count). The molecule has 0 spiro atoms. The molecule has 1 heterocycles. The maximum Gasteiger partial charge on any atom is 0.326 e. The number of carboxylic acid groups (broad SMARTS) is 1. The van der Waals surface area contributed by atoms with E-state index in [-0.39, 0.29) is 18.2 Å². The second-order valence-corrected chi connectivity index (χ2v) is 6.26. The zero-order valence-electron chi connectivity index (χ0n) is 13.0. The van der Waals surface area contributed by atoms with Gasteiger partial charge < -0.3 is 14.9 Å². The summed E-state index contributed by atoms with van der Waals surface area (Å²) in [5, 5.41) is 15.6. The molecule has 122 valence electrons. The summed E-state index contributed by atoms with van der Waals surface area (Å²) in [6.45, 7) is 3.85. The van der Waals surface area contributed by atoms with Crippen molar-refractivity contribution in [1.29, 1.82) is 0 Å². The number of carbonyl (C=O) groups is 2. The summed E-state index contributed by atoms with van der Waals surface area (Å²) < 4.78 is 5.13. The highest BCUT2D eigenvalue weighted by Crippen LogP contribution is 2.38. The first kappa shape index (κ1) is 16.5. The van der Waals surface area contributed by atoms with Crippen LogP contribution in [0.5, 0.6) is 0 Å². The van der Waals surface area contributed by atoms with Gasteiger partial charge in [-0.2, -0.15) is 4.98 Å². The molecule has 1 atom stereocenters. The van der Waals surface area contributed by atoms with Crippen molar-refractivity contribution in [2.75, 3.05) is 0 Å². The summed E-state index contributed by atoms with van der Waals surface area (Å²) in [4.78, 5) is 27.2. The van der Waals surface area contributed by atoms with Crippen LogP contribution in [0.3, 0.4) is 0 Å². The van der Waals surface area contributed by atoms with Crippen molar-refractivity contribution in [3.05, 3.63) is 11.7 Å². The van der Waals surface area contributed by atoms with Crippen LogP contribution in [0.15, 0.2) is 4.52 Å². The second-order valence-electron chi connectivity index (χ2n) is 6.26. The van der Waals surface area contributed by atoms with Crippen LogP contribution >= 0.6 is 0 Å². The molecule has 1 fully saturated rings. The second kappa shape index (κ2) is 7.38. The van der Waals surface area contributed by atoms with Crippen molar-refractivity contribution >= 4 is 11.9 Å². The molecular formula is C15H23N3O4. The van der Waals surface area contributed by atoms with Gasteiger partial charge in [-0.15, -0.1) is 0 Å². The van der Waals surface area contributed by atoms with Gasteiger partial charge in [0, 0.05) is 18.8 Å². The monoisotopic (exact) mass is 309 g/mol. The molecule has 1 aliphatic rings. The molecular weight excluding hydrogens is 286 g/mol. The number of aliphatic carboxylic acids is 1. The zero-order valence-corrected chi connectivity index (χ0v) is 13.0. The molecule has 0 saturated heterocycles. The number of aryl methyl sites for hydroxylation is 1. The first-order chi connectivity index (χ1) is 10.5. The minimum Gasteiger partial charge on any atom is -0.480 e. The maximum atomic E-state index is 11.8. The van der Waals surface area contributed by atoms with Gasteiger partial charge >= 0.3 is 5.97 Å². The summed E-state index contributed by atoms with van der Waals surface area (Å²) in [5.74, 6) is 0.728. The molecule has 1 amide bonds. The minimum absolute atomic E-state index is 0.209. The van der Waals surface area contributed by atoms with Gasteiger partial charge in [0.15, 0.2) is 5.82 Å². The average Bonchev–Trinajstić information content (AvgIpc) is 3.18. The van der Waals surface area contributed by atoms with Crippen LogP contribution in [-0.2, 0) is 16.0 Å². The molecule has 1 aliphatic carbocycles. The number of nitrogens with one attached hydrogen (secondary N) is 1. The quantitative estimate of drug-likeness (QED) is 0.721. The lowest BCUT2D eigenvalue weighted by Gasteiger charge is -2.16. The van der Waals surface area contributed by atoms with Crippen molar-refractivity contribution in [3.8, 4) is 0 Å². The lowest BCUT2D eigenvalue weighted by atomic mass is 10.0. The summed E-state index contributed by atoms with van der Waals surface area (Å²) in [7, 11) is 0. The number of hydrogen-bond donors (Lipinski definition) is 2. The van der Waals surface area contributed by atoms with Gasteiger partial charge in [0.05, 0.1) is 0 Å². The highest BCUT2D eigenvalue weighted by molar-refractivity contribution is 5.83. The molecule has 7 heteroatoms. The van der Waals surface area contributed by atoms with Gasteiger partial charge in [-0.1, -0.05) is 19.0 Å². The molecule has 1 aromatic rings. The minimum atomic E-state index is -0.993. The fourth-order valence-electron chi connectivity index (χ4n) is 2.24. The Labute approximate surface area is 129 Å². The summed E-state index contributed by atoms with van der Waals surface area (Å²) in [5.41, 5.74) is 0. The fraction of sp³-hybridized carbons (Fsp3) is 0.733. The van der Waals surface area contributed by atoms with E-state index in [2.05, 4.69) is 15.5 Å². The number of hydrogen-bond acceptors (Lipinski definition) is 5. The van der Waals surface area contributed by atoms with Gasteiger partial charge in [-0.05, 0) is 31.6 Å². The van der Waals surface area contributed by atoms with E-state index in [4.69, 9.17) is 9.63 Å². The van der Waals surface area contributed by atoms with Crippen molar-refractivity contribution in [2.24, 2.45) is 5.92 Å². The van der Waals surface area contributed by atoms with Gasteiger partial charge in [0.1, 0.15) is 6.04 Å². The smallest absolute Gasteiger partial charge is 0.326 e. The van der Waals surface area contributed by atoms with E-state index in [1.165, 1.54) is 0 Å². The molecule has 0 radical (unpaired) electrons. The van der Waals surface area contributed by atoms with E-state index in [1.54, 1.807) is 0 Å². The Morgan fingerprint density at radius 3 is 2.73 bits per heavy atom. The third-order valence-electron chi connectivity index (χ3n) is 3.56. The van der Waals surface area contributed by atoms with Gasteiger partial charge in [-0.3, -0.25) is 4.79 Å². The predicted molar refractivity (Wildman–Crippen MR) is 78.2 cm³/mol. The van der Waals surface area contributed by atoms with Crippen LogP contribution in [0.25, 0.3) is 0 Å². The van der Waals surface area contributed by atoms with E-state index < -0.39 is 12.0 Å². The number of rotatable bonds is 9. The Kier molecular flexibility index (Phi) is 5.51. The van der Waals surface area contributed by atoms with E-state index in [0.29, 0.717) is 31.1 Å². The lowest BCUT2D eigenvalue weighted by Crippen LogP contribution is -2.41. The number of nitrogens with zero attached hydrogens (tertiary/aromatic N) is 2. The Balaban J connectivity index is 1.70. The number of aromatic nitrogens is 2. The Morgan fingerprint density at radius 1 is 1.41 bits per heavy atom. The average molecular weight is 309 g/mol. The normalized spacial score (nSPS) is 15.8. The summed E-state index contributed by atoms with van der Waals surface area (Å²) in [6.07, 6.45) is 4.02. The standard InChI is InChI=1S/C15H23N3O4/c1-9(2)8-11(15(20)21)16-12(19)4-3-5-13-17-14(18-22-13)10-6-7-10/h9-11H,3-8H2,1-2H3,(H,16,19)(H,20,21)/t11-/m0/s1. The molecule has 0 bridgehead atoms. The molecule has 2 N–H and O–H groups in total. The van der Waals surface area contributed by atoms with Crippen molar-refractivity contribution in [2.45, 2.75) is 64.3 Å². The Hall–Kier alpha value is -1.92. The van der Waals surface area contributed by atoms with Crippen LogP contribution in [-0.4, -0.2) is 33.2 Å². The third kappa shape index (κ3) is 5.13. The van der Waals surface area contributed by atoms with Crippen molar-refractivity contribution < 1.29 is 19.2 Å². The highest BCUT2D eigenvalue weighted by Gasteiger charge is 2.28. The van der Waals surface area contributed by atoms with Crippen LogP contribution in [0, 0.1) is 5.92 Å². The molecule has 0 unspecified atom stereocenters. The van der Waals surface area contributed by atoms with Gasteiger partial charge in [0.25, 0.3) is 0 Å². The molecule has 1 aromatic heterocycles. The van der Waals surface area contributed by atoms with Gasteiger partial charge in [0.2, 0.25) is 11.8 Å².